The van der Waals surface area contributed by atoms with Crippen molar-refractivity contribution >= 4 is 28.4 Å². The lowest BCUT2D eigenvalue weighted by atomic mass is 9.90. The minimum atomic E-state index is -0.00986. The number of hydrogen-bond acceptors (Lipinski definition) is 3. The summed E-state index contributed by atoms with van der Waals surface area (Å²) in [5, 5.41) is 1.48. The zero-order valence-corrected chi connectivity index (χ0v) is 16.0. The van der Waals surface area contributed by atoms with E-state index >= 15 is 0 Å². The molecule has 1 aliphatic rings. The molecule has 3 aromatic rings. The number of carbonyl (C=O) groups is 1. The standard InChI is InChI=1S/C22H22ClN3O/c1-22(13-24)10-11-26(14-22)21(27)17-12-20(16-7-2-4-8-18(16)23)25-19-9-5-3-6-15(17)19/h2-9,12H,10-11,13-14,24H2,1H3. The molecule has 0 spiro atoms. The van der Waals surface area contributed by atoms with Gasteiger partial charge in [-0.05, 0) is 36.6 Å². The van der Waals surface area contributed by atoms with Crippen molar-refractivity contribution in [3.63, 3.8) is 0 Å². The van der Waals surface area contributed by atoms with Crippen LogP contribution in [0.25, 0.3) is 22.2 Å². The second kappa shape index (κ2) is 6.95. The average molecular weight is 380 g/mol. The van der Waals surface area contributed by atoms with Crippen molar-refractivity contribution in [3.05, 3.63) is 65.2 Å². The SMILES string of the molecule is CC1(CN)CCN(C(=O)c2cc(-c3ccccc3Cl)nc3ccccc23)C1. The van der Waals surface area contributed by atoms with E-state index in [1.54, 1.807) is 0 Å². The first-order chi connectivity index (χ1) is 13.0. The Kier molecular flexibility index (Phi) is 4.62. The van der Waals surface area contributed by atoms with E-state index < -0.39 is 0 Å². The van der Waals surface area contributed by atoms with Crippen LogP contribution in [0.15, 0.2) is 54.6 Å². The Labute approximate surface area is 164 Å². The van der Waals surface area contributed by atoms with Gasteiger partial charge in [0.15, 0.2) is 0 Å². The lowest BCUT2D eigenvalue weighted by molar-refractivity contribution is 0.0779. The number of pyridine rings is 1. The molecule has 1 saturated heterocycles. The van der Waals surface area contributed by atoms with Gasteiger partial charge in [-0.1, -0.05) is 54.9 Å². The van der Waals surface area contributed by atoms with Gasteiger partial charge in [0.1, 0.15) is 0 Å². The fraction of sp³-hybridized carbons (Fsp3) is 0.273. The van der Waals surface area contributed by atoms with Gasteiger partial charge >= 0.3 is 0 Å². The van der Waals surface area contributed by atoms with Crippen LogP contribution in [0.1, 0.15) is 23.7 Å². The molecule has 0 radical (unpaired) electrons. The molecule has 4 rings (SSSR count). The third kappa shape index (κ3) is 3.31. The molecule has 5 heteroatoms. The molecule has 0 bridgehead atoms. The molecule has 0 aliphatic carbocycles. The molecule has 1 atom stereocenters. The van der Waals surface area contributed by atoms with Crippen LogP contribution >= 0.6 is 11.6 Å². The van der Waals surface area contributed by atoms with Gasteiger partial charge in [-0.2, -0.15) is 0 Å². The first-order valence-electron chi connectivity index (χ1n) is 9.15. The smallest absolute Gasteiger partial charge is 0.254 e. The van der Waals surface area contributed by atoms with Gasteiger partial charge < -0.3 is 10.6 Å². The maximum atomic E-state index is 13.4. The van der Waals surface area contributed by atoms with E-state index in [9.17, 15) is 4.79 Å². The Bertz CT molecular complexity index is 1020. The van der Waals surface area contributed by atoms with Gasteiger partial charge in [-0.15, -0.1) is 0 Å². The van der Waals surface area contributed by atoms with Crippen LogP contribution in [-0.2, 0) is 0 Å². The van der Waals surface area contributed by atoms with E-state index in [0.29, 0.717) is 29.4 Å². The highest BCUT2D eigenvalue weighted by molar-refractivity contribution is 6.33. The van der Waals surface area contributed by atoms with Crippen molar-refractivity contribution in [2.75, 3.05) is 19.6 Å². The molecular weight excluding hydrogens is 358 g/mol. The van der Waals surface area contributed by atoms with Crippen LogP contribution in [0.4, 0.5) is 0 Å². The van der Waals surface area contributed by atoms with Crippen molar-refractivity contribution in [2.45, 2.75) is 13.3 Å². The van der Waals surface area contributed by atoms with Crippen molar-refractivity contribution in [3.8, 4) is 11.3 Å². The zero-order chi connectivity index (χ0) is 19.0. The summed E-state index contributed by atoms with van der Waals surface area (Å²) < 4.78 is 0. The van der Waals surface area contributed by atoms with Crippen LogP contribution in [0.5, 0.6) is 0 Å². The predicted molar refractivity (Wildman–Crippen MR) is 110 cm³/mol. The molecule has 2 aromatic carbocycles. The van der Waals surface area contributed by atoms with Crippen molar-refractivity contribution < 1.29 is 4.79 Å². The summed E-state index contributed by atoms with van der Waals surface area (Å²) in [7, 11) is 0. The number of fused-ring (bicyclic) bond motifs is 1. The summed E-state index contributed by atoms with van der Waals surface area (Å²) in [6, 6.07) is 17.2. The van der Waals surface area contributed by atoms with E-state index in [4.69, 9.17) is 22.3 Å². The number of hydrogen-bond donors (Lipinski definition) is 1. The Morgan fingerprint density at radius 3 is 2.70 bits per heavy atom. The fourth-order valence-corrected chi connectivity index (χ4v) is 3.93. The Morgan fingerprint density at radius 2 is 1.96 bits per heavy atom. The minimum absolute atomic E-state index is 0.00986. The topological polar surface area (TPSA) is 59.2 Å². The number of likely N-dealkylation sites (tertiary alicyclic amines) is 1. The normalized spacial score (nSPS) is 19.6. The van der Waals surface area contributed by atoms with Crippen LogP contribution < -0.4 is 5.73 Å². The summed E-state index contributed by atoms with van der Waals surface area (Å²) >= 11 is 6.38. The number of halogens is 1. The number of aromatic nitrogens is 1. The fourth-order valence-electron chi connectivity index (χ4n) is 3.69. The van der Waals surface area contributed by atoms with Gasteiger partial charge in [0.25, 0.3) is 5.91 Å². The number of nitrogens with two attached hydrogens (primary N) is 1. The van der Waals surface area contributed by atoms with Crippen LogP contribution in [-0.4, -0.2) is 35.4 Å². The monoisotopic (exact) mass is 379 g/mol. The second-order valence-corrected chi connectivity index (χ2v) is 7.95. The van der Waals surface area contributed by atoms with E-state index in [-0.39, 0.29) is 11.3 Å². The molecule has 1 fully saturated rings. The molecule has 1 aliphatic heterocycles. The quantitative estimate of drug-likeness (QED) is 0.735. The van der Waals surface area contributed by atoms with E-state index in [0.717, 1.165) is 29.4 Å². The number of nitrogens with zero attached hydrogens (tertiary/aromatic N) is 2. The molecule has 1 aromatic heterocycles. The number of rotatable bonds is 3. The maximum absolute atomic E-state index is 13.4. The summed E-state index contributed by atoms with van der Waals surface area (Å²) in [6.07, 6.45) is 0.926. The number of para-hydroxylation sites is 1. The number of amides is 1. The molecule has 4 nitrogen and oxygen atoms in total. The summed E-state index contributed by atoms with van der Waals surface area (Å²) in [5.74, 6) is 0.0269. The second-order valence-electron chi connectivity index (χ2n) is 7.54. The lowest BCUT2D eigenvalue weighted by Gasteiger charge is -2.23. The number of benzene rings is 2. The van der Waals surface area contributed by atoms with E-state index in [1.165, 1.54) is 0 Å². The van der Waals surface area contributed by atoms with Crippen LogP contribution in [0.3, 0.4) is 0 Å². The third-order valence-corrected chi connectivity index (χ3v) is 5.76. The summed E-state index contributed by atoms with van der Waals surface area (Å²) in [4.78, 5) is 20.0. The highest BCUT2D eigenvalue weighted by Gasteiger charge is 2.35. The molecule has 138 valence electrons. The molecule has 1 unspecified atom stereocenters. The highest BCUT2D eigenvalue weighted by Crippen LogP contribution is 2.33. The van der Waals surface area contributed by atoms with Gasteiger partial charge in [-0.25, -0.2) is 4.98 Å². The number of carbonyl (C=O) groups excluding carboxylic acids is 1. The van der Waals surface area contributed by atoms with Gasteiger partial charge in [0, 0.05) is 29.1 Å². The molecular formula is C22H22ClN3O. The van der Waals surface area contributed by atoms with E-state index in [2.05, 4.69) is 6.92 Å². The van der Waals surface area contributed by atoms with Gasteiger partial charge in [-0.3, -0.25) is 4.79 Å². The molecule has 2 heterocycles. The van der Waals surface area contributed by atoms with Gasteiger partial charge in [0.05, 0.1) is 16.8 Å². The van der Waals surface area contributed by atoms with Crippen LogP contribution in [0, 0.1) is 5.41 Å². The van der Waals surface area contributed by atoms with Gasteiger partial charge in [0.2, 0.25) is 0 Å². The van der Waals surface area contributed by atoms with Crippen molar-refractivity contribution in [2.24, 2.45) is 11.1 Å². The maximum Gasteiger partial charge on any atom is 0.254 e. The zero-order valence-electron chi connectivity index (χ0n) is 15.3. The first kappa shape index (κ1) is 18.0. The van der Waals surface area contributed by atoms with Crippen molar-refractivity contribution in [1.82, 2.24) is 9.88 Å². The molecule has 0 saturated carbocycles. The minimum Gasteiger partial charge on any atom is -0.338 e. The summed E-state index contributed by atoms with van der Waals surface area (Å²) in [5.41, 5.74) is 8.90. The molecule has 2 N–H and O–H groups in total. The highest BCUT2D eigenvalue weighted by atomic mass is 35.5. The first-order valence-corrected chi connectivity index (χ1v) is 9.53. The Hall–Kier alpha value is -2.43. The largest absolute Gasteiger partial charge is 0.338 e. The van der Waals surface area contributed by atoms with Crippen molar-refractivity contribution in [1.29, 1.82) is 0 Å². The Morgan fingerprint density at radius 1 is 1.22 bits per heavy atom. The van der Waals surface area contributed by atoms with Crippen LogP contribution in [0.2, 0.25) is 5.02 Å². The molecule has 1 amide bonds. The predicted octanol–water partition coefficient (Wildman–Crippen LogP) is 4.37. The third-order valence-electron chi connectivity index (χ3n) is 5.43. The Balaban J connectivity index is 1.82. The lowest BCUT2D eigenvalue weighted by Crippen LogP contribution is -2.34. The molecule has 27 heavy (non-hydrogen) atoms. The average Bonchev–Trinajstić information content (AvgIpc) is 3.10. The van der Waals surface area contributed by atoms with E-state index in [1.807, 2.05) is 59.5 Å². The summed E-state index contributed by atoms with van der Waals surface area (Å²) in [6.45, 7) is 4.13.